The lowest BCUT2D eigenvalue weighted by Gasteiger charge is -2.14. The Morgan fingerprint density at radius 2 is 1.92 bits per heavy atom. The fourth-order valence-corrected chi connectivity index (χ4v) is 3.64. The van der Waals surface area contributed by atoms with Crippen LogP contribution >= 0.6 is 23.4 Å². The van der Waals surface area contributed by atoms with E-state index in [1.165, 1.54) is 23.8 Å². The van der Waals surface area contributed by atoms with Gasteiger partial charge in [0.25, 0.3) is 11.8 Å². The highest BCUT2D eigenvalue weighted by Gasteiger charge is 2.38. The molecule has 1 aromatic heterocycles. The molecule has 0 spiro atoms. The zero-order chi connectivity index (χ0) is 17.8. The molecule has 130 valence electrons. The predicted molar refractivity (Wildman–Crippen MR) is 97.0 cm³/mol. The number of imide groups is 1. The largest absolute Gasteiger partial charge is 0.468 e. The summed E-state index contributed by atoms with van der Waals surface area (Å²) in [6.45, 7) is 0.511. The molecule has 3 rings (SSSR count). The average Bonchev–Trinajstić information content (AvgIpc) is 3.20. The van der Waals surface area contributed by atoms with Gasteiger partial charge in [0.15, 0.2) is 0 Å². The van der Waals surface area contributed by atoms with Gasteiger partial charge in [0, 0.05) is 12.1 Å². The highest BCUT2D eigenvalue weighted by molar-refractivity contribution is 8.03. The number of ether oxygens (including phenoxy) is 1. The van der Waals surface area contributed by atoms with Gasteiger partial charge in [-0.2, -0.15) is 0 Å². The van der Waals surface area contributed by atoms with Gasteiger partial charge in [0.2, 0.25) is 0 Å². The highest BCUT2D eigenvalue weighted by atomic mass is 35.5. The van der Waals surface area contributed by atoms with E-state index >= 15 is 0 Å². The minimum absolute atomic E-state index is 0.218. The van der Waals surface area contributed by atoms with Crippen molar-refractivity contribution >= 4 is 40.8 Å². The lowest BCUT2D eigenvalue weighted by Crippen LogP contribution is -2.34. The molecular formula is C18H16ClNO4S. The fourth-order valence-electron chi connectivity index (χ4n) is 2.48. The molecule has 0 radical (unpaired) electrons. The van der Waals surface area contributed by atoms with E-state index in [2.05, 4.69) is 0 Å². The summed E-state index contributed by atoms with van der Waals surface area (Å²) in [4.78, 5) is 27.2. The summed E-state index contributed by atoms with van der Waals surface area (Å²) in [6.07, 6.45) is 1.58. The van der Waals surface area contributed by atoms with Crippen molar-refractivity contribution in [1.29, 1.82) is 0 Å². The maximum absolute atomic E-state index is 12.8. The van der Waals surface area contributed by atoms with Crippen molar-refractivity contribution in [2.45, 2.75) is 5.75 Å². The number of thioether (sulfide) groups is 1. The first kappa shape index (κ1) is 17.8. The van der Waals surface area contributed by atoms with Crippen LogP contribution in [0.1, 0.15) is 11.3 Å². The van der Waals surface area contributed by atoms with Crippen LogP contribution in [0.25, 0.3) is 5.57 Å². The van der Waals surface area contributed by atoms with Gasteiger partial charge in [-0.1, -0.05) is 23.7 Å². The first-order chi connectivity index (χ1) is 12.1. The number of hydrogen-bond acceptors (Lipinski definition) is 5. The molecule has 0 aliphatic carbocycles. The summed E-state index contributed by atoms with van der Waals surface area (Å²) in [5.41, 5.74) is 1.07. The van der Waals surface area contributed by atoms with Gasteiger partial charge in [0.05, 0.1) is 35.6 Å². The van der Waals surface area contributed by atoms with Gasteiger partial charge in [-0.3, -0.25) is 14.5 Å². The molecule has 0 bridgehead atoms. The van der Waals surface area contributed by atoms with Crippen molar-refractivity contribution in [3.63, 3.8) is 0 Å². The van der Waals surface area contributed by atoms with Crippen molar-refractivity contribution in [2.75, 3.05) is 20.3 Å². The van der Waals surface area contributed by atoms with Crippen LogP contribution in [0.15, 0.2) is 52.0 Å². The molecule has 0 saturated carbocycles. The monoisotopic (exact) mass is 377 g/mol. The van der Waals surface area contributed by atoms with E-state index in [1.54, 1.807) is 36.6 Å². The molecule has 0 saturated heterocycles. The molecule has 25 heavy (non-hydrogen) atoms. The lowest BCUT2D eigenvalue weighted by molar-refractivity contribution is -0.137. The van der Waals surface area contributed by atoms with E-state index in [9.17, 15) is 9.59 Å². The number of carbonyl (C=O) groups is 2. The van der Waals surface area contributed by atoms with Gasteiger partial charge in [-0.05, 0) is 29.8 Å². The standard InChI is InChI=1S/C18H16ClNO4S/c1-23-10-8-20-17(21)15(12-4-6-13(19)7-5-12)16(18(20)22)25-11-14-3-2-9-24-14/h2-7,9H,8,10-11H2,1H3. The average molecular weight is 378 g/mol. The number of furan rings is 1. The van der Waals surface area contributed by atoms with Crippen molar-refractivity contribution < 1.29 is 18.7 Å². The second kappa shape index (κ2) is 7.91. The number of methoxy groups -OCH3 is 1. The molecule has 1 aromatic carbocycles. The second-order valence-electron chi connectivity index (χ2n) is 5.33. The number of benzene rings is 1. The Balaban J connectivity index is 1.93. The zero-order valence-corrected chi connectivity index (χ0v) is 15.1. The Hall–Kier alpha value is -2.02. The quantitative estimate of drug-likeness (QED) is 0.690. The number of carbonyl (C=O) groups excluding carboxylic acids is 2. The van der Waals surface area contributed by atoms with Crippen molar-refractivity contribution in [1.82, 2.24) is 4.90 Å². The van der Waals surface area contributed by atoms with E-state index in [4.69, 9.17) is 20.8 Å². The van der Waals surface area contributed by atoms with Crippen LogP contribution in [0.2, 0.25) is 5.02 Å². The third kappa shape index (κ3) is 3.81. The highest BCUT2D eigenvalue weighted by Crippen LogP contribution is 2.37. The maximum Gasteiger partial charge on any atom is 0.268 e. The van der Waals surface area contributed by atoms with Crippen LogP contribution in [0.4, 0.5) is 0 Å². The van der Waals surface area contributed by atoms with E-state index in [-0.39, 0.29) is 18.4 Å². The molecule has 5 nitrogen and oxygen atoms in total. The van der Waals surface area contributed by atoms with Crippen molar-refractivity contribution in [3.05, 3.63) is 63.9 Å². The van der Waals surface area contributed by atoms with Crippen LogP contribution in [-0.4, -0.2) is 37.0 Å². The Kier molecular flexibility index (Phi) is 5.63. The Bertz CT molecular complexity index is 799. The third-order valence-corrected chi connectivity index (χ3v) is 5.06. The molecule has 1 aliphatic rings. The third-order valence-electron chi connectivity index (χ3n) is 3.72. The zero-order valence-electron chi connectivity index (χ0n) is 13.5. The van der Waals surface area contributed by atoms with Crippen LogP contribution in [-0.2, 0) is 20.1 Å². The molecule has 7 heteroatoms. The maximum atomic E-state index is 12.8. The molecule has 0 atom stereocenters. The number of rotatable bonds is 7. The van der Waals surface area contributed by atoms with Gasteiger partial charge in [0.1, 0.15) is 5.76 Å². The van der Waals surface area contributed by atoms with Gasteiger partial charge < -0.3 is 9.15 Å². The summed E-state index contributed by atoms with van der Waals surface area (Å²) in [6, 6.07) is 10.5. The second-order valence-corrected chi connectivity index (χ2v) is 6.76. The molecule has 0 unspecified atom stereocenters. The van der Waals surface area contributed by atoms with E-state index < -0.39 is 0 Å². The van der Waals surface area contributed by atoms with Crippen molar-refractivity contribution in [3.8, 4) is 0 Å². The summed E-state index contributed by atoms with van der Waals surface area (Å²) in [7, 11) is 1.53. The van der Waals surface area contributed by atoms with E-state index in [0.29, 0.717) is 33.4 Å². The number of halogens is 1. The summed E-state index contributed by atoms with van der Waals surface area (Å²) < 4.78 is 10.3. The van der Waals surface area contributed by atoms with E-state index in [0.717, 1.165) is 5.76 Å². The first-order valence-corrected chi connectivity index (χ1v) is 8.98. The van der Waals surface area contributed by atoms with Crippen LogP contribution in [0.5, 0.6) is 0 Å². The molecule has 2 heterocycles. The van der Waals surface area contributed by atoms with Gasteiger partial charge in [-0.25, -0.2) is 0 Å². The van der Waals surface area contributed by atoms with Crippen LogP contribution in [0.3, 0.4) is 0 Å². The normalized spacial score (nSPS) is 14.7. The van der Waals surface area contributed by atoms with Crippen LogP contribution < -0.4 is 0 Å². The fraction of sp³-hybridized carbons (Fsp3) is 0.222. The Morgan fingerprint density at radius 3 is 2.56 bits per heavy atom. The smallest absolute Gasteiger partial charge is 0.268 e. The predicted octanol–water partition coefficient (Wildman–Crippen LogP) is 3.59. The summed E-state index contributed by atoms with van der Waals surface area (Å²) in [5, 5.41) is 0.571. The molecule has 1 aliphatic heterocycles. The minimum atomic E-state index is -0.314. The molecule has 0 fully saturated rings. The first-order valence-electron chi connectivity index (χ1n) is 7.62. The summed E-state index contributed by atoms with van der Waals surface area (Å²) >= 11 is 7.23. The van der Waals surface area contributed by atoms with Crippen LogP contribution in [0, 0.1) is 0 Å². The lowest BCUT2D eigenvalue weighted by atomic mass is 10.1. The summed E-state index contributed by atoms with van der Waals surface area (Å²) in [5.74, 6) is 0.592. The topological polar surface area (TPSA) is 59.8 Å². The van der Waals surface area contributed by atoms with E-state index in [1.807, 2.05) is 6.07 Å². The molecule has 2 aromatic rings. The molecule has 2 amide bonds. The molecular weight excluding hydrogens is 362 g/mol. The number of nitrogens with zero attached hydrogens (tertiary/aromatic N) is 1. The van der Waals surface area contributed by atoms with Gasteiger partial charge in [-0.15, -0.1) is 11.8 Å². The van der Waals surface area contributed by atoms with Crippen molar-refractivity contribution in [2.24, 2.45) is 0 Å². The SMILES string of the molecule is COCCN1C(=O)C(SCc2ccco2)=C(c2ccc(Cl)cc2)C1=O. The number of hydrogen-bond donors (Lipinski definition) is 0. The Morgan fingerprint density at radius 1 is 1.16 bits per heavy atom. The minimum Gasteiger partial charge on any atom is -0.468 e. The Labute approximate surface area is 154 Å². The molecule has 0 N–H and O–H groups in total. The van der Waals surface area contributed by atoms with Gasteiger partial charge >= 0.3 is 0 Å². The number of amides is 2.